The molecular formula is C16H23N3. The predicted octanol–water partition coefficient (Wildman–Crippen LogP) is 2.80. The van der Waals surface area contributed by atoms with Gasteiger partial charge in [-0.25, -0.2) is 0 Å². The van der Waals surface area contributed by atoms with E-state index in [4.69, 9.17) is 0 Å². The maximum absolute atomic E-state index is 4.28. The summed E-state index contributed by atoms with van der Waals surface area (Å²) in [4.78, 5) is 0. The maximum Gasteiger partial charge on any atom is 0.0534 e. The van der Waals surface area contributed by atoms with Gasteiger partial charge < -0.3 is 5.32 Å². The van der Waals surface area contributed by atoms with Gasteiger partial charge in [0.15, 0.2) is 0 Å². The van der Waals surface area contributed by atoms with Crippen molar-refractivity contribution in [2.45, 2.75) is 39.3 Å². The molecule has 0 amide bonds. The van der Waals surface area contributed by atoms with Crippen molar-refractivity contribution >= 4 is 0 Å². The quantitative estimate of drug-likeness (QED) is 0.826. The third-order valence-electron chi connectivity index (χ3n) is 3.30. The highest BCUT2D eigenvalue weighted by Gasteiger charge is 2.02. The van der Waals surface area contributed by atoms with Crippen molar-refractivity contribution in [2.75, 3.05) is 6.54 Å². The van der Waals surface area contributed by atoms with Crippen molar-refractivity contribution in [3.8, 4) is 0 Å². The number of aromatic nitrogens is 2. The summed E-state index contributed by atoms with van der Waals surface area (Å²) in [7, 11) is 0. The summed E-state index contributed by atoms with van der Waals surface area (Å²) < 4.78 is 1.99. The summed E-state index contributed by atoms with van der Waals surface area (Å²) in [6.07, 6.45) is 6.28. The Morgan fingerprint density at radius 3 is 2.74 bits per heavy atom. The molecule has 102 valence electrons. The van der Waals surface area contributed by atoms with Gasteiger partial charge in [0, 0.05) is 18.8 Å². The van der Waals surface area contributed by atoms with E-state index in [2.05, 4.69) is 60.8 Å². The molecule has 19 heavy (non-hydrogen) atoms. The SMILES string of the molecule is Cc1cnn(CCNC(C)CCc2ccccc2)c1. The van der Waals surface area contributed by atoms with Crippen LogP contribution in [0, 0.1) is 6.92 Å². The van der Waals surface area contributed by atoms with Crippen LogP contribution in [0.5, 0.6) is 0 Å². The van der Waals surface area contributed by atoms with Gasteiger partial charge in [-0.1, -0.05) is 30.3 Å². The number of benzene rings is 1. The third kappa shape index (κ3) is 4.87. The van der Waals surface area contributed by atoms with Gasteiger partial charge in [0.25, 0.3) is 0 Å². The molecule has 0 radical (unpaired) electrons. The summed E-state index contributed by atoms with van der Waals surface area (Å²) in [5.74, 6) is 0. The fourth-order valence-electron chi connectivity index (χ4n) is 2.14. The minimum absolute atomic E-state index is 0.539. The van der Waals surface area contributed by atoms with Crippen LogP contribution in [-0.4, -0.2) is 22.4 Å². The van der Waals surface area contributed by atoms with Crippen LogP contribution in [0.15, 0.2) is 42.7 Å². The molecule has 0 bridgehead atoms. The highest BCUT2D eigenvalue weighted by atomic mass is 15.3. The van der Waals surface area contributed by atoms with Gasteiger partial charge in [-0.3, -0.25) is 4.68 Å². The Hall–Kier alpha value is -1.61. The first-order valence-corrected chi connectivity index (χ1v) is 7.00. The number of nitrogens with zero attached hydrogens (tertiary/aromatic N) is 2. The minimum atomic E-state index is 0.539. The zero-order valence-electron chi connectivity index (χ0n) is 11.8. The molecule has 3 heteroatoms. The highest BCUT2D eigenvalue weighted by molar-refractivity contribution is 5.14. The van der Waals surface area contributed by atoms with Crippen molar-refractivity contribution in [3.05, 3.63) is 53.9 Å². The molecule has 0 spiro atoms. The van der Waals surface area contributed by atoms with E-state index in [9.17, 15) is 0 Å². The Labute approximate surface area is 115 Å². The van der Waals surface area contributed by atoms with Crippen LogP contribution < -0.4 is 5.32 Å². The molecule has 1 heterocycles. The number of rotatable bonds is 7. The van der Waals surface area contributed by atoms with Crippen molar-refractivity contribution < 1.29 is 0 Å². The van der Waals surface area contributed by atoms with E-state index < -0.39 is 0 Å². The molecule has 1 N–H and O–H groups in total. The van der Waals surface area contributed by atoms with Crippen molar-refractivity contribution in [3.63, 3.8) is 0 Å². The second-order valence-electron chi connectivity index (χ2n) is 5.16. The van der Waals surface area contributed by atoms with Crippen LogP contribution in [0.2, 0.25) is 0 Å². The van der Waals surface area contributed by atoms with E-state index >= 15 is 0 Å². The van der Waals surface area contributed by atoms with Crippen molar-refractivity contribution in [2.24, 2.45) is 0 Å². The summed E-state index contributed by atoms with van der Waals surface area (Å²) in [5.41, 5.74) is 2.64. The standard InChI is InChI=1S/C16H23N3/c1-14-12-18-19(13-14)11-10-17-15(2)8-9-16-6-4-3-5-7-16/h3-7,12-13,15,17H,8-11H2,1-2H3. The molecule has 0 fully saturated rings. The molecule has 0 aliphatic carbocycles. The molecule has 2 aromatic rings. The first-order valence-electron chi connectivity index (χ1n) is 7.00. The van der Waals surface area contributed by atoms with Crippen LogP contribution >= 0.6 is 0 Å². The first kappa shape index (κ1) is 13.8. The van der Waals surface area contributed by atoms with Gasteiger partial charge in [0.1, 0.15) is 0 Å². The lowest BCUT2D eigenvalue weighted by Crippen LogP contribution is -2.29. The van der Waals surface area contributed by atoms with Crippen molar-refractivity contribution in [1.82, 2.24) is 15.1 Å². The minimum Gasteiger partial charge on any atom is -0.312 e. The molecule has 1 unspecified atom stereocenters. The summed E-state index contributed by atoms with van der Waals surface area (Å²) in [6, 6.07) is 11.2. The number of hydrogen-bond acceptors (Lipinski definition) is 2. The first-order chi connectivity index (χ1) is 9.24. The van der Waals surface area contributed by atoms with Crippen LogP contribution in [0.25, 0.3) is 0 Å². The van der Waals surface area contributed by atoms with Crippen LogP contribution in [-0.2, 0) is 13.0 Å². The topological polar surface area (TPSA) is 29.9 Å². The highest BCUT2D eigenvalue weighted by Crippen LogP contribution is 2.04. The van der Waals surface area contributed by atoms with Crippen LogP contribution in [0.1, 0.15) is 24.5 Å². The van der Waals surface area contributed by atoms with E-state index in [1.54, 1.807) is 0 Å². The van der Waals surface area contributed by atoms with E-state index in [1.165, 1.54) is 17.5 Å². The zero-order chi connectivity index (χ0) is 13.5. The Morgan fingerprint density at radius 2 is 2.05 bits per heavy atom. The molecule has 1 aromatic heterocycles. The van der Waals surface area contributed by atoms with Gasteiger partial charge >= 0.3 is 0 Å². The van der Waals surface area contributed by atoms with Gasteiger partial charge in [-0.15, -0.1) is 0 Å². The fourth-order valence-corrected chi connectivity index (χ4v) is 2.14. The molecule has 0 aliphatic rings. The summed E-state index contributed by atoms with van der Waals surface area (Å²) in [5, 5.41) is 7.83. The van der Waals surface area contributed by atoms with Gasteiger partial charge in [0.05, 0.1) is 12.7 Å². The predicted molar refractivity (Wildman–Crippen MR) is 79.2 cm³/mol. The average Bonchev–Trinajstić information content (AvgIpc) is 2.83. The van der Waals surface area contributed by atoms with Gasteiger partial charge in [0.2, 0.25) is 0 Å². The molecule has 3 nitrogen and oxygen atoms in total. The van der Waals surface area contributed by atoms with Crippen molar-refractivity contribution in [1.29, 1.82) is 0 Å². The molecule has 2 rings (SSSR count). The maximum atomic E-state index is 4.28. The van der Waals surface area contributed by atoms with Gasteiger partial charge in [-0.2, -0.15) is 5.10 Å². The Kier molecular flexibility index (Phi) is 5.16. The lowest BCUT2D eigenvalue weighted by Gasteiger charge is -2.13. The lowest BCUT2D eigenvalue weighted by molar-refractivity contribution is 0.475. The normalized spacial score (nSPS) is 12.5. The van der Waals surface area contributed by atoms with Crippen LogP contribution in [0.3, 0.4) is 0 Å². The monoisotopic (exact) mass is 257 g/mol. The third-order valence-corrected chi connectivity index (χ3v) is 3.30. The van der Waals surface area contributed by atoms with E-state index in [-0.39, 0.29) is 0 Å². The Bertz CT molecular complexity index is 476. The van der Waals surface area contributed by atoms with E-state index in [0.717, 1.165) is 19.5 Å². The Balaban J connectivity index is 1.63. The van der Waals surface area contributed by atoms with Crippen LogP contribution in [0.4, 0.5) is 0 Å². The molecule has 1 aromatic carbocycles. The Morgan fingerprint density at radius 1 is 1.26 bits per heavy atom. The molecule has 0 saturated carbocycles. The number of hydrogen-bond donors (Lipinski definition) is 1. The number of aryl methyl sites for hydroxylation is 2. The second kappa shape index (κ2) is 7.10. The average molecular weight is 257 g/mol. The lowest BCUT2D eigenvalue weighted by atomic mass is 10.1. The second-order valence-corrected chi connectivity index (χ2v) is 5.16. The largest absolute Gasteiger partial charge is 0.312 e. The molecule has 1 atom stereocenters. The van der Waals surface area contributed by atoms with E-state index in [1.807, 2.05) is 10.9 Å². The zero-order valence-corrected chi connectivity index (χ0v) is 11.8. The molecular weight excluding hydrogens is 234 g/mol. The van der Waals surface area contributed by atoms with E-state index in [0.29, 0.717) is 6.04 Å². The molecule has 0 aliphatic heterocycles. The number of nitrogens with one attached hydrogen (secondary N) is 1. The smallest absolute Gasteiger partial charge is 0.0534 e. The van der Waals surface area contributed by atoms with Gasteiger partial charge in [-0.05, 0) is 37.8 Å². The summed E-state index contributed by atoms with van der Waals surface area (Å²) >= 11 is 0. The molecule has 0 saturated heterocycles. The summed E-state index contributed by atoms with van der Waals surface area (Å²) in [6.45, 7) is 6.22. The fraction of sp³-hybridized carbons (Fsp3) is 0.438.